The van der Waals surface area contributed by atoms with Crippen LogP contribution in [0.5, 0.6) is 0 Å². The lowest BCUT2D eigenvalue weighted by atomic mass is 10.1. The first-order valence-corrected chi connectivity index (χ1v) is 6.85. The van der Waals surface area contributed by atoms with Gasteiger partial charge in [-0.2, -0.15) is 0 Å². The Bertz CT molecular complexity index is 658. The third-order valence-electron chi connectivity index (χ3n) is 2.92. The monoisotopic (exact) mass is 336 g/mol. The molecule has 0 unspecified atom stereocenters. The molecular formula is C15H14BrFN2O. The summed E-state index contributed by atoms with van der Waals surface area (Å²) in [5.74, 6) is -0.937. The van der Waals surface area contributed by atoms with Crippen molar-refractivity contribution in [2.75, 3.05) is 5.32 Å². The summed E-state index contributed by atoms with van der Waals surface area (Å²) in [5.41, 5.74) is 7.88. The summed E-state index contributed by atoms with van der Waals surface area (Å²) < 4.78 is 14.6. The van der Waals surface area contributed by atoms with Gasteiger partial charge in [0.25, 0.3) is 0 Å². The van der Waals surface area contributed by atoms with Crippen LogP contribution < -0.4 is 11.1 Å². The molecule has 0 saturated carbocycles. The lowest BCUT2D eigenvalue weighted by Crippen LogP contribution is -2.12. The Morgan fingerprint density at radius 3 is 2.70 bits per heavy atom. The maximum atomic E-state index is 13.7. The molecule has 104 valence electrons. The van der Waals surface area contributed by atoms with E-state index in [2.05, 4.69) is 21.2 Å². The lowest BCUT2D eigenvalue weighted by molar-refractivity contribution is 0.1000. The number of nitrogens with two attached hydrogens (primary N) is 1. The summed E-state index contributed by atoms with van der Waals surface area (Å²) in [6.45, 7) is 2.26. The molecule has 0 radical (unpaired) electrons. The quantitative estimate of drug-likeness (QED) is 0.896. The van der Waals surface area contributed by atoms with Crippen LogP contribution in [0.3, 0.4) is 0 Å². The molecule has 0 aliphatic heterocycles. The summed E-state index contributed by atoms with van der Waals surface area (Å²) in [6.07, 6.45) is 0. The number of halogens is 2. The lowest BCUT2D eigenvalue weighted by Gasteiger charge is -2.10. The van der Waals surface area contributed by atoms with Crippen LogP contribution >= 0.6 is 15.9 Å². The van der Waals surface area contributed by atoms with Gasteiger partial charge in [0, 0.05) is 27.8 Å². The average Bonchev–Trinajstić information content (AvgIpc) is 2.39. The van der Waals surface area contributed by atoms with Crippen molar-refractivity contribution in [2.45, 2.75) is 13.5 Å². The van der Waals surface area contributed by atoms with Crippen LogP contribution in [-0.4, -0.2) is 5.91 Å². The summed E-state index contributed by atoms with van der Waals surface area (Å²) in [5, 5.41) is 3.12. The number of rotatable bonds is 4. The first kappa shape index (κ1) is 14.5. The van der Waals surface area contributed by atoms with Gasteiger partial charge in [0.15, 0.2) is 0 Å². The number of carbonyl (C=O) groups excluding carboxylic acids is 1. The smallest absolute Gasteiger partial charge is 0.248 e. The molecule has 5 heteroatoms. The zero-order chi connectivity index (χ0) is 14.7. The molecular weight excluding hydrogens is 323 g/mol. The van der Waals surface area contributed by atoms with Crippen molar-refractivity contribution in [1.82, 2.24) is 0 Å². The predicted molar refractivity (Wildman–Crippen MR) is 81.1 cm³/mol. The highest BCUT2D eigenvalue weighted by Crippen LogP contribution is 2.24. The SMILES string of the molecule is Cc1ccc(NCc2cc(C(N)=O)ccc2F)c(Br)c1. The van der Waals surface area contributed by atoms with Crippen LogP contribution in [0.15, 0.2) is 40.9 Å². The molecule has 0 fully saturated rings. The molecule has 0 heterocycles. The van der Waals surface area contributed by atoms with Crippen molar-refractivity contribution in [1.29, 1.82) is 0 Å². The van der Waals surface area contributed by atoms with Crippen molar-refractivity contribution >= 4 is 27.5 Å². The fourth-order valence-electron chi connectivity index (χ4n) is 1.82. The molecule has 3 nitrogen and oxygen atoms in total. The van der Waals surface area contributed by atoms with Crippen molar-refractivity contribution in [3.05, 3.63) is 63.4 Å². The number of hydrogen-bond donors (Lipinski definition) is 2. The first-order valence-electron chi connectivity index (χ1n) is 6.05. The van der Waals surface area contributed by atoms with E-state index in [1.165, 1.54) is 18.2 Å². The van der Waals surface area contributed by atoms with E-state index in [-0.39, 0.29) is 12.4 Å². The number of amides is 1. The maximum Gasteiger partial charge on any atom is 0.248 e. The normalized spacial score (nSPS) is 10.3. The third-order valence-corrected chi connectivity index (χ3v) is 3.58. The fourth-order valence-corrected chi connectivity index (χ4v) is 2.45. The summed E-state index contributed by atoms with van der Waals surface area (Å²) in [6, 6.07) is 9.94. The molecule has 0 saturated heterocycles. The van der Waals surface area contributed by atoms with Gasteiger partial charge in [-0.05, 0) is 58.7 Å². The van der Waals surface area contributed by atoms with Crippen LogP contribution in [0.4, 0.5) is 10.1 Å². The predicted octanol–water partition coefficient (Wildman–Crippen LogP) is 3.61. The van der Waals surface area contributed by atoms with E-state index in [1.807, 2.05) is 25.1 Å². The van der Waals surface area contributed by atoms with Gasteiger partial charge in [-0.3, -0.25) is 4.79 Å². The van der Waals surface area contributed by atoms with Gasteiger partial charge in [0.2, 0.25) is 5.91 Å². The Kier molecular flexibility index (Phi) is 4.39. The molecule has 2 rings (SSSR count). The number of carbonyl (C=O) groups is 1. The molecule has 2 aromatic carbocycles. The fraction of sp³-hybridized carbons (Fsp3) is 0.133. The van der Waals surface area contributed by atoms with E-state index in [0.29, 0.717) is 11.1 Å². The minimum atomic E-state index is -0.567. The van der Waals surface area contributed by atoms with Crippen LogP contribution in [0.2, 0.25) is 0 Å². The second-order valence-electron chi connectivity index (χ2n) is 4.51. The van der Waals surface area contributed by atoms with Gasteiger partial charge in [-0.15, -0.1) is 0 Å². The topological polar surface area (TPSA) is 55.1 Å². The Morgan fingerprint density at radius 1 is 1.30 bits per heavy atom. The van der Waals surface area contributed by atoms with Crippen LogP contribution in [-0.2, 0) is 6.54 Å². The number of nitrogens with one attached hydrogen (secondary N) is 1. The third kappa shape index (κ3) is 3.36. The van der Waals surface area contributed by atoms with E-state index >= 15 is 0 Å². The number of aryl methyl sites for hydroxylation is 1. The largest absolute Gasteiger partial charge is 0.380 e. The molecule has 0 aliphatic rings. The van der Waals surface area contributed by atoms with Gasteiger partial charge >= 0.3 is 0 Å². The van der Waals surface area contributed by atoms with E-state index < -0.39 is 5.91 Å². The highest BCUT2D eigenvalue weighted by molar-refractivity contribution is 9.10. The minimum Gasteiger partial charge on any atom is -0.380 e. The minimum absolute atomic E-state index is 0.272. The maximum absolute atomic E-state index is 13.7. The van der Waals surface area contributed by atoms with Crippen molar-refractivity contribution in [3.63, 3.8) is 0 Å². The Hall–Kier alpha value is -1.88. The number of hydrogen-bond acceptors (Lipinski definition) is 2. The molecule has 2 aromatic rings. The zero-order valence-electron chi connectivity index (χ0n) is 10.9. The summed E-state index contributed by atoms with van der Waals surface area (Å²) in [4.78, 5) is 11.1. The van der Waals surface area contributed by atoms with Crippen molar-refractivity contribution < 1.29 is 9.18 Å². The molecule has 0 atom stereocenters. The van der Waals surface area contributed by atoms with Crippen molar-refractivity contribution in [2.24, 2.45) is 5.73 Å². The van der Waals surface area contributed by atoms with Gasteiger partial charge in [-0.25, -0.2) is 4.39 Å². The number of anilines is 1. The van der Waals surface area contributed by atoms with E-state index in [9.17, 15) is 9.18 Å². The summed E-state index contributed by atoms with van der Waals surface area (Å²) >= 11 is 3.45. The Morgan fingerprint density at radius 2 is 2.05 bits per heavy atom. The molecule has 0 aliphatic carbocycles. The van der Waals surface area contributed by atoms with Gasteiger partial charge < -0.3 is 11.1 Å². The standard InChI is InChI=1S/C15H14BrFN2O/c1-9-2-5-14(12(16)6-9)19-8-11-7-10(15(18)20)3-4-13(11)17/h2-7,19H,8H2,1H3,(H2,18,20). The number of benzene rings is 2. The molecule has 1 amide bonds. The highest BCUT2D eigenvalue weighted by atomic mass is 79.9. The van der Waals surface area contributed by atoms with Gasteiger partial charge in [0.05, 0.1) is 0 Å². The Balaban J connectivity index is 2.18. The number of primary amides is 1. The second kappa shape index (κ2) is 6.05. The molecule has 0 bridgehead atoms. The second-order valence-corrected chi connectivity index (χ2v) is 5.36. The van der Waals surface area contributed by atoms with E-state index in [1.54, 1.807) is 0 Å². The first-order chi connectivity index (χ1) is 9.47. The molecule has 0 spiro atoms. The molecule has 3 N–H and O–H groups in total. The van der Waals surface area contributed by atoms with Gasteiger partial charge in [0.1, 0.15) is 5.82 Å². The zero-order valence-corrected chi connectivity index (χ0v) is 12.5. The van der Waals surface area contributed by atoms with Crippen LogP contribution in [0.1, 0.15) is 21.5 Å². The highest BCUT2D eigenvalue weighted by Gasteiger charge is 2.08. The van der Waals surface area contributed by atoms with Crippen molar-refractivity contribution in [3.8, 4) is 0 Å². The summed E-state index contributed by atoms with van der Waals surface area (Å²) in [7, 11) is 0. The van der Waals surface area contributed by atoms with E-state index in [4.69, 9.17) is 5.73 Å². The molecule has 20 heavy (non-hydrogen) atoms. The molecule has 0 aromatic heterocycles. The van der Waals surface area contributed by atoms with E-state index in [0.717, 1.165) is 15.7 Å². The van der Waals surface area contributed by atoms with Crippen LogP contribution in [0, 0.1) is 12.7 Å². The Labute approximate surface area is 125 Å². The average molecular weight is 337 g/mol. The van der Waals surface area contributed by atoms with Gasteiger partial charge in [-0.1, -0.05) is 6.07 Å². The van der Waals surface area contributed by atoms with Crippen LogP contribution in [0.25, 0.3) is 0 Å².